The van der Waals surface area contributed by atoms with Crippen molar-refractivity contribution in [2.24, 2.45) is 0 Å². The minimum absolute atomic E-state index is 0.0369. The predicted octanol–water partition coefficient (Wildman–Crippen LogP) is 4.63. The summed E-state index contributed by atoms with van der Waals surface area (Å²) in [6.07, 6.45) is -3.77. The summed E-state index contributed by atoms with van der Waals surface area (Å²) in [7, 11) is 0. The van der Waals surface area contributed by atoms with Gasteiger partial charge >= 0.3 is 12.3 Å². The highest BCUT2D eigenvalue weighted by molar-refractivity contribution is 9.10. The van der Waals surface area contributed by atoms with Gasteiger partial charge in [-0.1, -0.05) is 28.1 Å². The Morgan fingerprint density at radius 3 is 2.00 bits per heavy atom. The molecule has 0 aromatic heterocycles. The lowest BCUT2D eigenvalue weighted by Crippen LogP contribution is -2.31. The molecule has 0 spiro atoms. The van der Waals surface area contributed by atoms with Crippen LogP contribution in [0.5, 0.6) is 0 Å². The molecular formula is C9H6BrClF4. The molecular weight excluding hydrogens is 299 g/mol. The lowest BCUT2D eigenvalue weighted by Gasteiger charge is -2.21. The largest absolute Gasteiger partial charge is 0.327 e. The summed E-state index contributed by atoms with van der Waals surface area (Å²) in [5.74, 6) is -4.23. The molecule has 0 radical (unpaired) electrons. The standard InChI is InChI=1S/C9H6BrClF4/c10-6-3-1-5(2-4-6)7(11)9(14,15)8(12)13/h1-4,7-8H. The summed E-state index contributed by atoms with van der Waals surface area (Å²) in [5, 5.41) is -2.02. The fourth-order valence-corrected chi connectivity index (χ4v) is 1.47. The van der Waals surface area contributed by atoms with E-state index in [9.17, 15) is 17.6 Å². The summed E-state index contributed by atoms with van der Waals surface area (Å²) in [4.78, 5) is 0. The zero-order valence-corrected chi connectivity index (χ0v) is 9.57. The Balaban J connectivity index is 2.94. The summed E-state index contributed by atoms with van der Waals surface area (Å²) in [6, 6.07) is 5.48. The van der Waals surface area contributed by atoms with E-state index in [1.165, 1.54) is 24.3 Å². The van der Waals surface area contributed by atoms with E-state index in [0.717, 1.165) is 0 Å². The molecule has 1 atom stereocenters. The Morgan fingerprint density at radius 1 is 1.13 bits per heavy atom. The molecule has 0 saturated heterocycles. The third-order valence-electron chi connectivity index (χ3n) is 1.79. The Kier molecular flexibility index (Phi) is 4.00. The highest BCUT2D eigenvalue weighted by atomic mass is 79.9. The first-order valence-electron chi connectivity index (χ1n) is 3.91. The van der Waals surface area contributed by atoms with Crippen LogP contribution in [-0.2, 0) is 0 Å². The van der Waals surface area contributed by atoms with Crippen molar-refractivity contribution >= 4 is 27.5 Å². The van der Waals surface area contributed by atoms with Crippen LogP contribution < -0.4 is 0 Å². The van der Waals surface area contributed by atoms with Crippen molar-refractivity contribution in [3.05, 3.63) is 34.3 Å². The Morgan fingerprint density at radius 2 is 1.60 bits per heavy atom. The molecule has 0 N–H and O–H groups in total. The molecule has 1 aromatic carbocycles. The van der Waals surface area contributed by atoms with Crippen LogP contribution in [0.3, 0.4) is 0 Å². The maximum atomic E-state index is 12.8. The Hall–Kier alpha value is -0.290. The second-order valence-corrected chi connectivity index (χ2v) is 4.24. The molecule has 0 aliphatic heterocycles. The van der Waals surface area contributed by atoms with Crippen molar-refractivity contribution in [2.75, 3.05) is 0 Å². The van der Waals surface area contributed by atoms with Gasteiger partial charge < -0.3 is 0 Å². The first-order chi connectivity index (χ1) is 6.85. The molecule has 6 heteroatoms. The first-order valence-corrected chi connectivity index (χ1v) is 5.14. The van der Waals surface area contributed by atoms with E-state index in [1.54, 1.807) is 0 Å². The second-order valence-electron chi connectivity index (χ2n) is 2.89. The molecule has 1 aromatic rings. The molecule has 0 heterocycles. The molecule has 0 aliphatic rings. The molecule has 0 saturated carbocycles. The molecule has 1 unspecified atom stereocenters. The zero-order valence-electron chi connectivity index (χ0n) is 7.23. The van der Waals surface area contributed by atoms with Crippen molar-refractivity contribution in [3.63, 3.8) is 0 Å². The third kappa shape index (κ3) is 2.84. The average Bonchev–Trinajstić information content (AvgIpc) is 2.17. The zero-order chi connectivity index (χ0) is 11.6. The fraction of sp³-hybridized carbons (Fsp3) is 0.333. The van der Waals surface area contributed by atoms with E-state index in [4.69, 9.17) is 11.6 Å². The highest BCUT2D eigenvalue weighted by Crippen LogP contribution is 2.41. The molecule has 15 heavy (non-hydrogen) atoms. The van der Waals surface area contributed by atoms with Gasteiger partial charge in [0.1, 0.15) is 5.38 Å². The smallest absolute Gasteiger partial charge is 0.204 e. The van der Waals surface area contributed by atoms with Crippen LogP contribution in [0, 0.1) is 0 Å². The summed E-state index contributed by atoms with van der Waals surface area (Å²) < 4.78 is 50.3. The summed E-state index contributed by atoms with van der Waals surface area (Å²) in [6.45, 7) is 0. The normalized spacial score (nSPS) is 14.3. The van der Waals surface area contributed by atoms with Gasteiger partial charge in [0.15, 0.2) is 0 Å². The maximum absolute atomic E-state index is 12.8. The van der Waals surface area contributed by atoms with E-state index in [1.807, 2.05) is 0 Å². The minimum atomic E-state index is -4.23. The van der Waals surface area contributed by atoms with Gasteiger partial charge in [-0.2, -0.15) is 8.78 Å². The number of hydrogen-bond acceptors (Lipinski definition) is 0. The van der Waals surface area contributed by atoms with Crippen LogP contribution in [0.4, 0.5) is 17.6 Å². The Bertz CT molecular complexity index is 325. The van der Waals surface area contributed by atoms with E-state index in [-0.39, 0.29) is 5.56 Å². The van der Waals surface area contributed by atoms with Gasteiger partial charge in [0.2, 0.25) is 0 Å². The van der Waals surface area contributed by atoms with Gasteiger partial charge in [-0.15, -0.1) is 11.6 Å². The number of halogens is 6. The quantitative estimate of drug-likeness (QED) is 0.564. The lowest BCUT2D eigenvalue weighted by atomic mass is 10.1. The monoisotopic (exact) mass is 304 g/mol. The third-order valence-corrected chi connectivity index (χ3v) is 2.86. The van der Waals surface area contributed by atoms with Gasteiger partial charge in [0, 0.05) is 4.47 Å². The van der Waals surface area contributed by atoms with Crippen molar-refractivity contribution in [1.82, 2.24) is 0 Å². The topological polar surface area (TPSA) is 0 Å². The van der Waals surface area contributed by atoms with Crippen LogP contribution in [0.2, 0.25) is 0 Å². The van der Waals surface area contributed by atoms with Crippen molar-refractivity contribution in [2.45, 2.75) is 17.7 Å². The number of alkyl halides is 5. The predicted molar refractivity (Wildman–Crippen MR) is 53.7 cm³/mol. The van der Waals surface area contributed by atoms with Gasteiger partial charge in [-0.3, -0.25) is 0 Å². The fourth-order valence-electron chi connectivity index (χ4n) is 0.965. The number of benzene rings is 1. The molecule has 0 nitrogen and oxygen atoms in total. The van der Waals surface area contributed by atoms with Crippen molar-refractivity contribution in [1.29, 1.82) is 0 Å². The number of rotatable bonds is 3. The molecule has 0 amide bonds. The van der Waals surface area contributed by atoms with Crippen LogP contribution in [-0.4, -0.2) is 12.3 Å². The van der Waals surface area contributed by atoms with Crippen LogP contribution >= 0.6 is 27.5 Å². The molecule has 84 valence electrons. The van der Waals surface area contributed by atoms with E-state index >= 15 is 0 Å². The summed E-state index contributed by atoms with van der Waals surface area (Å²) >= 11 is 8.40. The molecule has 0 fully saturated rings. The van der Waals surface area contributed by atoms with Crippen molar-refractivity contribution < 1.29 is 17.6 Å². The van der Waals surface area contributed by atoms with Gasteiger partial charge in [0.25, 0.3) is 0 Å². The Labute approximate surface area is 97.4 Å². The summed E-state index contributed by atoms with van der Waals surface area (Å²) in [5.41, 5.74) is -0.0369. The molecule has 0 aliphatic carbocycles. The maximum Gasteiger partial charge on any atom is 0.327 e. The van der Waals surface area contributed by atoms with Crippen molar-refractivity contribution in [3.8, 4) is 0 Å². The average molecular weight is 305 g/mol. The van der Waals surface area contributed by atoms with Crippen LogP contribution in [0.1, 0.15) is 10.9 Å². The van der Waals surface area contributed by atoms with Gasteiger partial charge in [-0.05, 0) is 17.7 Å². The van der Waals surface area contributed by atoms with Crippen LogP contribution in [0.15, 0.2) is 28.7 Å². The molecule has 1 rings (SSSR count). The van der Waals surface area contributed by atoms with E-state index in [0.29, 0.717) is 4.47 Å². The second kappa shape index (κ2) is 4.70. The van der Waals surface area contributed by atoms with Gasteiger partial charge in [0.05, 0.1) is 0 Å². The van der Waals surface area contributed by atoms with E-state index < -0.39 is 17.7 Å². The SMILES string of the molecule is FC(F)C(F)(F)C(Cl)c1ccc(Br)cc1. The van der Waals surface area contributed by atoms with Crippen LogP contribution in [0.25, 0.3) is 0 Å². The molecule has 0 bridgehead atoms. The lowest BCUT2D eigenvalue weighted by molar-refractivity contribution is -0.130. The minimum Gasteiger partial charge on any atom is -0.204 e. The first kappa shape index (κ1) is 12.8. The van der Waals surface area contributed by atoms with E-state index in [2.05, 4.69) is 15.9 Å². The number of hydrogen-bond donors (Lipinski definition) is 0. The van der Waals surface area contributed by atoms with Gasteiger partial charge in [-0.25, -0.2) is 8.78 Å². The highest BCUT2D eigenvalue weighted by Gasteiger charge is 2.48.